The van der Waals surface area contributed by atoms with Gasteiger partial charge in [0, 0.05) is 0 Å². The molecule has 4 aliphatic carbocycles. The van der Waals surface area contributed by atoms with E-state index in [1.54, 1.807) is 0 Å². The predicted molar refractivity (Wildman–Crippen MR) is 75.6 cm³/mol. The Kier molecular flexibility index (Phi) is 3.39. The maximum Gasteiger partial charge on any atom is 0.309 e. The second kappa shape index (κ2) is 4.79. The molecular formula is C17H28O2. The van der Waals surface area contributed by atoms with E-state index in [2.05, 4.69) is 20.8 Å². The second-order valence-electron chi connectivity index (χ2n) is 7.77. The molecule has 2 nitrogen and oxygen atoms in total. The van der Waals surface area contributed by atoms with Crippen molar-refractivity contribution in [3.63, 3.8) is 0 Å². The van der Waals surface area contributed by atoms with Crippen LogP contribution in [0.25, 0.3) is 0 Å². The Bertz CT molecular complexity index is 354. The number of carbonyl (C=O) groups is 1. The van der Waals surface area contributed by atoms with Crippen LogP contribution in [0.15, 0.2) is 0 Å². The summed E-state index contributed by atoms with van der Waals surface area (Å²) in [5.41, 5.74) is 0.479. The molecule has 0 aliphatic heterocycles. The number of carbonyl (C=O) groups excluding carboxylic acids is 1. The van der Waals surface area contributed by atoms with Crippen molar-refractivity contribution in [2.75, 3.05) is 0 Å². The van der Waals surface area contributed by atoms with Gasteiger partial charge >= 0.3 is 5.97 Å². The van der Waals surface area contributed by atoms with Crippen LogP contribution in [0.4, 0.5) is 0 Å². The summed E-state index contributed by atoms with van der Waals surface area (Å²) in [5.74, 6) is 2.39. The summed E-state index contributed by atoms with van der Waals surface area (Å²) >= 11 is 0. The maximum absolute atomic E-state index is 12.3. The van der Waals surface area contributed by atoms with Gasteiger partial charge in [0.25, 0.3) is 0 Å². The number of hydrogen-bond donors (Lipinski definition) is 0. The van der Waals surface area contributed by atoms with Gasteiger partial charge in [0.15, 0.2) is 0 Å². The van der Waals surface area contributed by atoms with Gasteiger partial charge in [-0.25, -0.2) is 0 Å². The highest BCUT2D eigenvalue weighted by atomic mass is 16.5. The lowest BCUT2D eigenvalue weighted by molar-refractivity contribution is -0.190. The molecule has 4 rings (SSSR count). The van der Waals surface area contributed by atoms with Gasteiger partial charge in [-0.3, -0.25) is 4.79 Å². The fourth-order valence-corrected chi connectivity index (χ4v) is 4.84. The van der Waals surface area contributed by atoms with Gasteiger partial charge in [-0.15, -0.1) is 0 Å². The molecule has 0 heterocycles. The standard InChI is InChI=1S/C17H28O2/c1-11-14-9-13(17(14,2)3)10-15(11)19-16(18)12-7-5-4-6-8-12/h11-15H,4-10H2,1-3H3. The van der Waals surface area contributed by atoms with Crippen molar-refractivity contribution in [2.24, 2.45) is 29.1 Å². The summed E-state index contributed by atoms with van der Waals surface area (Å²) in [6.07, 6.45) is 8.47. The number of fused-ring (bicyclic) bond motifs is 2. The molecule has 0 aromatic rings. The topological polar surface area (TPSA) is 26.3 Å². The Morgan fingerprint density at radius 1 is 1.11 bits per heavy atom. The SMILES string of the molecule is CC1C(OC(=O)C2CCCCC2)CC2CC1C2(C)C. The molecule has 4 aliphatic rings. The monoisotopic (exact) mass is 264 g/mol. The number of ether oxygens (including phenoxy) is 1. The lowest BCUT2D eigenvalue weighted by Gasteiger charge is -2.61. The average molecular weight is 264 g/mol. The van der Waals surface area contributed by atoms with Gasteiger partial charge < -0.3 is 4.74 Å². The van der Waals surface area contributed by atoms with Gasteiger partial charge in [-0.1, -0.05) is 40.0 Å². The lowest BCUT2D eigenvalue weighted by atomic mass is 9.45. The zero-order valence-electron chi connectivity index (χ0n) is 12.7. The first-order valence-electron chi connectivity index (χ1n) is 8.20. The van der Waals surface area contributed by atoms with Crippen LogP contribution in [-0.4, -0.2) is 12.1 Å². The van der Waals surface area contributed by atoms with Crippen LogP contribution in [0.3, 0.4) is 0 Å². The fraction of sp³-hybridized carbons (Fsp3) is 0.941. The Balaban J connectivity index is 1.58. The minimum atomic E-state index is 0.107. The second-order valence-corrected chi connectivity index (χ2v) is 7.77. The van der Waals surface area contributed by atoms with Crippen molar-refractivity contribution >= 4 is 5.97 Å². The molecule has 4 unspecified atom stereocenters. The molecule has 0 aromatic carbocycles. The molecule has 4 saturated carbocycles. The summed E-state index contributed by atoms with van der Waals surface area (Å²) in [4.78, 5) is 12.3. The number of rotatable bonds is 2. The van der Waals surface area contributed by atoms with Crippen LogP contribution >= 0.6 is 0 Å². The highest BCUT2D eigenvalue weighted by Gasteiger charge is 2.57. The number of esters is 1. The summed E-state index contributed by atoms with van der Waals surface area (Å²) in [7, 11) is 0. The lowest BCUT2D eigenvalue weighted by Crippen LogP contribution is -2.57. The van der Waals surface area contributed by atoms with Crippen LogP contribution in [0.2, 0.25) is 0 Å². The van der Waals surface area contributed by atoms with E-state index in [1.165, 1.54) is 25.7 Å². The highest BCUT2D eigenvalue weighted by molar-refractivity contribution is 5.72. The Morgan fingerprint density at radius 2 is 1.79 bits per heavy atom. The molecule has 0 aromatic heterocycles. The first kappa shape index (κ1) is 13.5. The third-order valence-corrected chi connectivity index (χ3v) is 6.49. The first-order valence-corrected chi connectivity index (χ1v) is 8.20. The zero-order valence-corrected chi connectivity index (χ0v) is 12.7. The van der Waals surface area contributed by atoms with E-state index in [9.17, 15) is 4.79 Å². The molecular weight excluding hydrogens is 236 g/mol. The normalized spacial score (nSPS) is 41.4. The van der Waals surface area contributed by atoms with E-state index in [-0.39, 0.29) is 18.0 Å². The van der Waals surface area contributed by atoms with Crippen LogP contribution < -0.4 is 0 Å². The van der Waals surface area contributed by atoms with E-state index in [0.717, 1.165) is 31.1 Å². The first-order chi connectivity index (χ1) is 9.00. The Labute approximate surface area is 117 Å². The maximum atomic E-state index is 12.3. The van der Waals surface area contributed by atoms with Gasteiger partial charge in [-0.2, -0.15) is 0 Å². The quantitative estimate of drug-likeness (QED) is 0.699. The summed E-state index contributed by atoms with van der Waals surface area (Å²) < 4.78 is 5.90. The van der Waals surface area contributed by atoms with E-state index in [0.29, 0.717) is 11.3 Å². The molecule has 0 N–H and O–H groups in total. The summed E-state index contributed by atoms with van der Waals surface area (Å²) in [5, 5.41) is 0. The van der Waals surface area contributed by atoms with Crippen molar-refractivity contribution in [2.45, 2.75) is 71.8 Å². The van der Waals surface area contributed by atoms with E-state index >= 15 is 0 Å². The van der Waals surface area contributed by atoms with Crippen molar-refractivity contribution in [1.29, 1.82) is 0 Å². The third-order valence-electron chi connectivity index (χ3n) is 6.49. The van der Waals surface area contributed by atoms with Gasteiger partial charge in [0.2, 0.25) is 0 Å². The third kappa shape index (κ3) is 2.21. The summed E-state index contributed by atoms with van der Waals surface area (Å²) in [6, 6.07) is 0. The fourth-order valence-electron chi connectivity index (χ4n) is 4.84. The van der Waals surface area contributed by atoms with Crippen LogP contribution in [0, 0.1) is 29.1 Å². The predicted octanol–water partition coefficient (Wildman–Crippen LogP) is 4.18. The number of hydrogen-bond acceptors (Lipinski definition) is 2. The van der Waals surface area contributed by atoms with Gasteiger partial charge in [0.05, 0.1) is 5.92 Å². The van der Waals surface area contributed by atoms with E-state index < -0.39 is 0 Å². The van der Waals surface area contributed by atoms with Crippen LogP contribution in [0.5, 0.6) is 0 Å². The molecule has 4 fully saturated rings. The zero-order chi connectivity index (χ0) is 13.6. The molecule has 0 saturated heterocycles. The molecule has 0 spiro atoms. The Morgan fingerprint density at radius 3 is 2.37 bits per heavy atom. The van der Waals surface area contributed by atoms with Crippen molar-refractivity contribution in [3.8, 4) is 0 Å². The average Bonchev–Trinajstić information content (AvgIpc) is 2.41. The molecule has 2 heteroatoms. The molecule has 108 valence electrons. The molecule has 4 atom stereocenters. The smallest absolute Gasteiger partial charge is 0.309 e. The minimum Gasteiger partial charge on any atom is -0.462 e. The van der Waals surface area contributed by atoms with Crippen molar-refractivity contribution < 1.29 is 9.53 Å². The van der Waals surface area contributed by atoms with E-state index in [1.807, 2.05) is 0 Å². The Hall–Kier alpha value is -0.530. The van der Waals surface area contributed by atoms with Crippen molar-refractivity contribution in [1.82, 2.24) is 0 Å². The molecule has 0 amide bonds. The van der Waals surface area contributed by atoms with Gasteiger partial charge in [-0.05, 0) is 48.9 Å². The molecule has 0 radical (unpaired) electrons. The summed E-state index contributed by atoms with van der Waals surface area (Å²) in [6.45, 7) is 7.07. The largest absolute Gasteiger partial charge is 0.462 e. The van der Waals surface area contributed by atoms with Crippen LogP contribution in [-0.2, 0) is 9.53 Å². The highest BCUT2D eigenvalue weighted by Crippen LogP contribution is 2.61. The van der Waals surface area contributed by atoms with E-state index in [4.69, 9.17) is 4.74 Å². The van der Waals surface area contributed by atoms with Crippen LogP contribution in [0.1, 0.15) is 65.7 Å². The van der Waals surface area contributed by atoms with Crippen molar-refractivity contribution in [3.05, 3.63) is 0 Å². The van der Waals surface area contributed by atoms with Gasteiger partial charge in [0.1, 0.15) is 6.10 Å². The molecule has 19 heavy (non-hydrogen) atoms. The molecule has 2 bridgehead atoms. The minimum absolute atomic E-state index is 0.107.